The Labute approximate surface area is 181 Å². The van der Waals surface area contributed by atoms with Crippen molar-refractivity contribution in [2.45, 2.75) is 31.3 Å². The van der Waals surface area contributed by atoms with Crippen molar-refractivity contribution in [3.8, 4) is 11.1 Å². The summed E-state index contributed by atoms with van der Waals surface area (Å²) in [6, 6.07) is 16.7. The van der Waals surface area contributed by atoms with Gasteiger partial charge in [0.25, 0.3) is 0 Å². The fourth-order valence-corrected chi connectivity index (χ4v) is 4.45. The van der Waals surface area contributed by atoms with Crippen LogP contribution in [0.15, 0.2) is 65.6 Å². The fourth-order valence-electron chi connectivity index (χ4n) is 3.68. The van der Waals surface area contributed by atoms with Gasteiger partial charge in [0.05, 0.1) is 16.6 Å². The number of fused-ring (bicyclic) bond motifs is 1. The lowest BCUT2D eigenvalue weighted by Gasteiger charge is -2.14. The molecule has 1 unspecified atom stereocenters. The van der Waals surface area contributed by atoms with E-state index in [-0.39, 0.29) is 5.56 Å². The number of nitrogens with zero attached hydrogens (tertiary/aromatic N) is 1. The molecule has 0 aliphatic rings. The highest BCUT2D eigenvalue weighted by Crippen LogP contribution is 2.38. The predicted octanol–water partition coefficient (Wildman–Crippen LogP) is 6.28. The highest BCUT2D eigenvalue weighted by molar-refractivity contribution is 7.91. The molecule has 0 aliphatic heterocycles. The van der Waals surface area contributed by atoms with E-state index in [1.165, 1.54) is 12.1 Å². The van der Waals surface area contributed by atoms with Crippen molar-refractivity contribution in [3.63, 3.8) is 0 Å². The predicted molar refractivity (Wildman–Crippen MR) is 117 cm³/mol. The summed E-state index contributed by atoms with van der Waals surface area (Å²) in [4.78, 5) is 8.66. The lowest BCUT2D eigenvalue weighted by Crippen LogP contribution is -2.07. The van der Waals surface area contributed by atoms with Gasteiger partial charge in [0.15, 0.2) is 4.90 Å². The first kappa shape index (κ1) is 21.5. The monoisotopic (exact) mass is 442 g/mol. The number of hydrogen-bond donors (Lipinski definition) is 1. The van der Waals surface area contributed by atoms with Crippen LogP contribution in [0.4, 0.5) is 13.2 Å². The van der Waals surface area contributed by atoms with Crippen molar-refractivity contribution in [1.29, 1.82) is 0 Å². The second-order valence-corrected chi connectivity index (χ2v) is 9.11. The lowest BCUT2D eigenvalue weighted by molar-refractivity contribution is -0.137. The summed E-state index contributed by atoms with van der Waals surface area (Å²) in [6.07, 6.45) is -3.89. The fraction of sp³-hybridized carbons (Fsp3) is 0.208. The molecular formula is C24H21F3N2OS. The smallest absolute Gasteiger partial charge is 0.417 e. The van der Waals surface area contributed by atoms with Crippen molar-refractivity contribution in [1.82, 2.24) is 9.97 Å². The molecule has 0 saturated heterocycles. The van der Waals surface area contributed by atoms with Gasteiger partial charge in [0.2, 0.25) is 0 Å². The second kappa shape index (κ2) is 8.40. The topological polar surface area (TPSA) is 51.7 Å². The molecule has 1 atom stereocenters. The normalized spacial score (nSPS) is 13.0. The van der Waals surface area contributed by atoms with Crippen LogP contribution in [0.1, 0.15) is 29.4 Å². The van der Waals surface area contributed by atoms with E-state index in [9.17, 15) is 17.7 Å². The Kier molecular flexibility index (Phi) is 5.81. The molecule has 4 rings (SSSR count). The minimum Gasteiger partial charge on any atom is -0.611 e. The highest BCUT2D eigenvalue weighted by atomic mass is 32.2. The molecule has 3 aromatic carbocycles. The van der Waals surface area contributed by atoms with Gasteiger partial charge in [-0.15, -0.1) is 0 Å². The number of aromatic amines is 1. The number of alkyl halides is 3. The van der Waals surface area contributed by atoms with E-state index < -0.39 is 22.9 Å². The number of benzene rings is 3. The highest BCUT2D eigenvalue weighted by Gasteiger charge is 2.33. The van der Waals surface area contributed by atoms with E-state index >= 15 is 0 Å². The third-order valence-electron chi connectivity index (χ3n) is 5.22. The molecule has 0 spiro atoms. The molecule has 31 heavy (non-hydrogen) atoms. The van der Waals surface area contributed by atoms with Gasteiger partial charge in [-0.1, -0.05) is 30.3 Å². The quantitative estimate of drug-likeness (QED) is 0.370. The Morgan fingerprint density at radius 3 is 2.39 bits per heavy atom. The first-order valence-corrected chi connectivity index (χ1v) is 11.2. The van der Waals surface area contributed by atoms with E-state index in [0.717, 1.165) is 33.4 Å². The average Bonchev–Trinajstić information content (AvgIpc) is 3.13. The van der Waals surface area contributed by atoms with Gasteiger partial charge < -0.3 is 9.54 Å². The third kappa shape index (κ3) is 4.48. The zero-order chi connectivity index (χ0) is 22.2. The standard InChI is InChI=1S/C24H21F3N2OS/c1-3-31(30)17-10-8-16(9-11-17)13-23-28-21-12-15(2)19(14-22(21)29-23)18-6-4-5-7-20(18)24(25,26)27/h4-12,14H,3,13H2,1-2H3,(H,28,29). The van der Waals surface area contributed by atoms with Crippen LogP contribution in [-0.2, 0) is 23.8 Å². The van der Waals surface area contributed by atoms with Crippen LogP contribution in [0.2, 0.25) is 0 Å². The Morgan fingerprint density at radius 2 is 1.71 bits per heavy atom. The largest absolute Gasteiger partial charge is 0.611 e. The number of nitrogens with one attached hydrogen (secondary N) is 1. The second-order valence-electron chi connectivity index (χ2n) is 7.37. The van der Waals surface area contributed by atoms with Crippen LogP contribution in [-0.4, -0.2) is 20.3 Å². The van der Waals surface area contributed by atoms with E-state index in [1.807, 2.05) is 37.3 Å². The molecule has 0 saturated carbocycles. The number of H-pyrrole nitrogens is 1. The molecule has 4 aromatic rings. The third-order valence-corrected chi connectivity index (χ3v) is 6.54. The van der Waals surface area contributed by atoms with E-state index in [4.69, 9.17) is 0 Å². The molecule has 0 bridgehead atoms. The lowest BCUT2D eigenvalue weighted by atomic mass is 9.95. The first-order valence-electron chi connectivity index (χ1n) is 9.89. The van der Waals surface area contributed by atoms with Gasteiger partial charge in [-0.2, -0.15) is 13.2 Å². The number of aromatic nitrogens is 2. The summed E-state index contributed by atoms with van der Waals surface area (Å²) in [5.74, 6) is 1.29. The Bertz CT molecular complexity index is 1220. The number of aryl methyl sites for hydroxylation is 1. The molecule has 1 heterocycles. The van der Waals surface area contributed by atoms with Crippen LogP contribution >= 0.6 is 0 Å². The molecule has 1 N–H and O–H groups in total. The Hall–Kier alpha value is -2.77. The molecule has 0 aliphatic carbocycles. The average molecular weight is 443 g/mol. The molecule has 3 nitrogen and oxygen atoms in total. The van der Waals surface area contributed by atoms with Crippen LogP contribution in [0.3, 0.4) is 0 Å². The molecule has 7 heteroatoms. The summed E-state index contributed by atoms with van der Waals surface area (Å²) in [7, 11) is 0. The van der Waals surface area contributed by atoms with Gasteiger partial charge in [-0.05, 0) is 77.6 Å². The van der Waals surface area contributed by atoms with Gasteiger partial charge in [-0.3, -0.25) is 0 Å². The van der Waals surface area contributed by atoms with E-state index in [0.29, 0.717) is 23.3 Å². The maximum Gasteiger partial charge on any atom is 0.417 e. The van der Waals surface area contributed by atoms with Gasteiger partial charge in [0.1, 0.15) is 11.6 Å². The SMILES string of the molecule is CC[S+]([O-])c1ccc(Cc2nc3cc(-c4ccccc4C(F)(F)F)c(C)cc3[nH]2)cc1. The molecule has 0 fully saturated rings. The number of rotatable bonds is 5. The van der Waals surface area contributed by atoms with Crippen LogP contribution in [0, 0.1) is 6.92 Å². The minimum atomic E-state index is -4.43. The van der Waals surface area contributed by atoms with Gasteiger partial charge in [0, 0.05) is 6.42 Å². The van der Waals surface area contributed by atoms with E-state index in [2.05, 4.69) is 9.97 Å². The summed E-state index contributed by atoms with van der Waals surface area (Å²) >= 11 is -0.993. The number of halogens is 3. The van der Waals surface area contributed by atoms with Crippen molar-refractivity contribution in [2.24, 2.45) is 0 Å². The number of imidazole rings is 1. The summed E-state index contributed by atoms with van der Waals surface area (Å²) in [5.41, 5.74) is 3.17. The van der Waals surface area contributed by atoms with Gasteiger partial charge >= 0.3 is 6.18 Å². The molecule has 0 amide bonds. The van der Waals surface area contributed by atoms with Gasteiger partial charge in [-0.25, -0.2) is 4.98 Å². The summed E-state index contributed by atoms with van der Waals surface area (Å²) < 4.78 is 52.3. The Balaban J connectivity index is 1.67. The molecule has 160 valence electrons. The molecule has 1 aromatic heterocycles. The van der Waals surface area contributed by atoms with Crippen LogP contribution < -0.4 is 0 Å². The van der Waals surface area contributed by atoms with Crippen molar-refractivity contribution >= 4 is 22.2 Å². The van der Waals surface area contributed by atoms with Crippen molar-refractivity contribution in [2.75, 3.05) is 5.75 Å². The summed E-state index contributed by atoms with van der Waals surface area (Å²) in [6.45, 7) is 3.68. The van der Waals surface area contributed by atoms with Crippen molar-refractivity contribution < 1.29 is 17.7 Å². The molecule has 0 radical (unpaired) electrons. The first-order chi connectivity index (χ1) is 14.8. The zero-order valence-electron chi connectivity index (χ0n) is 17.1. The van der Waals surface area contributed by atoms with E-state index in [1.54, 1.807) is 19.1 Å². The van der Waals surface area contributed by atoms with Crippen molar-refractivity contribution in [3.05, 3.63) is 83.2 Å². The minimum absolute atomic E-state index is 0.151. The Morgan fingerprint density at radius 1 is 1.00 bits per heavy atom. The maximum atomic E-state index is 13.5. The maximum absolute atomic E-state index is 13.5. The molecular weight excluding hydrogens is 421 g/mol. The zero-order valence-corrected chi connectivity index (χ0v) is 17.9. The number of hydrogen-bond acceptors (Lipinski definition) is 2. The summed E-state index contributed by atoms with van der Waals surface area (Å²) in [5, 5.41) is 0. The van der Waals surface area contributed by atoms with Crippen LogP contribution in [0.25, 0.3) is 22.2 Å². The van der Waals surface area contributed by atoms with Crippen LogP contribution in [0.5, 0.6) is 0 Å².